The third-order valence-electron chi connectivity index (χ3n) is 4.78. The molecular weight excluding hydrogens is 317 g/mol. The first-order valence-corrected chi connectivity index (χ1v) is 8.42. The van der Waals surface area contributed by atoms with E-state index in [1.165, 1.54) is 17.7 Å². The lowest BCUT2D eigenvalue weighted by molar-refractivity contribution is 0.415. The van der Waals surface area contributed by atoms with Crippen molar-refractivity contribution < 1.29 is 9.13 Å². The van der Waals surface area contributed by atoms with Gasteiger partial charge < -0.3 is 15.5 Å². The molecule has 1 atom stereocenters. The van der Waals surface area contributed by atoms with Gasteiger partial charge in [-0.3, -0.25) is 0 Å². The largest absolute Gasteiger partial charge is 0.496 e. The third-order valence-corrected chi connectivity index (χ3v) is 4.78. The van der Waals surface area contributed by atoms with Crippen LogP contribution in [0.25, 0.3) is 27.7 Å². The molecule has 0 aliphatic heterocycles. The number of halogens is 1. The summed E-state index contributed by atoms with van der Waals surface area (Å²) in [6.07, 6.45) is 6.75. The second kappa shape index (κ2) is 6.33. The molecule has 0 radical (unpaired) electrons. The van der Waals surface area contributed by atoms with Crippen LogP contribution in [0, 0.1) is 5.82 Å². The lowest BCUT2D eigenvalue weighted by Crippen LogP contribution is -2.21. The van der Waals surface area contributed by atoms with Gasteiger partial charge >= 0.3 is 0 Å². The second-order valence-electron chi connectivity index (χ2n) is 6.41. The van der Waals surface area contributed by atoms with Gasteiger partial charge in [-0.05, 0) is 60.7 Å². The van der Waals surface area contributed by atoms with E-state index in [1.54, 1.807) is 19.4 Å². The van der Waals surface area contributed by atoms with Crippen LogP contribution in [0.2, 0.25) is 0 Å². The van der Waals surface area contributed by atoms with Gasteiger partial charge in [-0.25, -0.2) is 9.37 Å². The lowest BCUT2D eigenvalue weighted by Gasteiger charge is -2.17. The Morgan fingerprint density at radius 3 is 2.88 bits per heavy atom. The van der Waals surface area contributed by atoms with E-state index in [-0.39, 0.29) is 11.9 Å². The summed E-state index contributed by atoms with van der Waals surface area (Å²) in [5, 5.41) is 0.956. The van der Waals surface area contributed by atoms with Crippen LogP contribution in [-0.4, -0.2) is 23.1 Å². The Bertz CT molecular complexity index is 961. The Kier molecular flexibility index (Phi) is 4.01. The van der Waals surface area contributed by atoms with Gasteiger partial charge in [-0.15, -0.1) is 0 Å². The summed E-state index contributed by atoms with van der Waals surface area (Å²) in [5.41, 5.74) is 10.7. The van der Waals surface area contributed by atoms with E-state index >= 15 is 0 Å². The highest BCUT2D eigenvalue weighted by Gasteiger charge is 2.17. The molecule has 3 aromatic rings. The van der Waals surface area contributed by atoms with E-state index in [2.05, 4.69) is 22.1 Å². The van der Waals surface area contributed by atoms with Crippen molar-refractivity contribution in [3.8, 4) is 16.9 Å². The summed E-state index contributed by atoms with van der Waals surface area (Å²) < 4.78 is 19.2. The average molecular weight is 337 g/mol. The lowest BCUT2D eigenvalue weighted by atomic mass is 9.93. The number of benzene rings is 1. The van der Waals surface area contributed by atoms with Gasteiger partial charge in [0.15, 0.2) is 0 Å². The van der Waals surface area contributed by atoms with Gasteiger partial charge in [0.05, 0.1) is 7.11 Å². The molecule has 0 saturated carbocycles. The number of aromatic amines is 1. The highest BCUT2D eigenvalue weighted by Crippen LogP contribution is 2.37. The Morgan fingerprint density at radius 1 is 1.24 bits per heavy atom. The molecule has 5 heteroatoms. The molecule has 3 N–H and O–H groups in total. The molecule has 2 heterocycles. The number of rotatable bonds is 3. The average Bonchev–Trinajstić information content (AvgIpc) is 3.06. The maximum Gasteiger partial charge on any atom is 0.138 e. The van der Waals surface area contributed by atoms with E-state index in [1.807, 2.05) is 6.07 Å². The van der Waals surface area contributed by atoms with E-state index in [0.29, 0.717) is 5.75 Å². The number of aromatic nitrogens is 2. The molecule has 0 fully saturated rings. The monoisotopic (exact) mass is 337 g/mol. The number of H-pyrrole nitrogens is 1. The fourth-order valence-electron chi connectivity index (χ4n) is 3.42. The first kappa shape index (κ1) is 15.8. The van der Waals surface area contributed by atoms with Crippen molar-refractivity contribution in [2.24, 2.45) is 5.73 Å². The molecule has 2 aromatic heterocycles. The maximum absolute atomic E-state index is 13.8. The molecule has 0 bridgehead atoms. The Hall–Kier alpha value is -2.66. The zero-order valence-corrected chi connectivity index (χ0v) is 14.1. The van der Waals surface area contributed by atoms with Crippen LogP contribution >= 0.6 is 0 Å². The van der Waals surface area contributed by atoms with E-state index in [4.69, 9.17) is 10.5 Å². The van der Waals surface area contributed by atoms with Crippen molar-refractivity contribution >= 4 is 16.6 Å². The fraction of sp³-hybridized carbons (Fsp3) is 0.250. The van der Waals surface area contributed by atoms with Crippen LogP contribution in [0.1, 0.15) is 25.0 Å². The van der Waals surface area contributed by atoms with Crippen molar-refractivity contribution in [3.63, 3.8) is 0 Å². The molecule has 128 valence electrons. The fourth-order valence-corrected chi connectivity index (χ4v) is 3.42. The molecule has 0 amide bonds. The topological polar surface area (TPSA) is 63.9 Å². The number of ether oxygens (including phenoxy) is 1. The van der Waals surface area contributed by atoms with E-state index in [0.717, 1.165) is 47.1 Å². The quantitative estimate of drug-likeness (QED) is 0.750. The highest BCUT2D eigenvalue weighted by molar-refractivity contribution is 5.96. The van der Waals surface area contributed by atoms with Crippen LogP contribution < -0.4 is 10.5 Å². The molecule has 25 heavy (non-hydrogen) atoms. The minimum absolute atomic E-state index is 0.248. The molecule has 0 spiro atoms. The van der Waals surface area contributed by atoms with Gasteiger partial charge in [0.1, 0.15) is 17.2 Å². The summed E-state index contributed by atoms with van der Waals surface area (Å²) in [6.45, 7) is 0. The Morgan fingerprint density at radius 2 is 2.12 bits per heavy atom. The summed E-state index contributed by atoms with van der Waals surface area (Å²) >= 11 is 0. The summed E-state index contributed by atoms with van der Waals surface area (Å²) in [4.78, 5) is 7.82. The van der Waals surface area contributed by atoms with Crippen molar-refractivity contribution in [1.29, 1.82) is 0 Å². The molecule has 1 unspecified atom stereocenters. The molecule has 4 nitrogen and oxygen atoms in total. The summed E-state index contributed by atoms with van der Waals surface area (Å²) in [6, 6.07) is 8.78. The zero-order valence-electron chi connectivity index (χ0n) is 14.1. The highest BCUT2D eigenvalue weighted by atomic mass is 19.1. The van der Waals surface area contributed by atoms with Gasteiger partial charge in [-0.2, -0.15) is 0 Å². The third kappa shape index (κ3) is 2.91. The molecule has 1 aromatic carbocycles. The number of hydrogen-bond acceptors (Lipinski definition) is 3. The number of hydrogen-bond donors (Lipinski definition) is 2. The first-order valence-electron chi connectivity index (χ1n) is 8.42. The van der Waals surface area contributed by atoms with Crippen molar-refractivity contribution in [3.05, 3.63) is 54.1 Å². The number of fused-ring (bicyclic) bond motifs is 1. The van der Waals surface area contributed by atoms with Gasteiger partial charge in [0.25, 0.3) is 0 Å². The molecule has 1 aliphatic rings. The minimum Gasteiger partial charge on any atom is -0.496 e. The van der Waals surface area contributed by atoms with Crippen molar-refractivity contribution in [2.45, 2.75) is 25.3 Å². The van der Waals surface area contributed by atoms with Gasteiger partial charge in [0, 0.05) is 28.9 Å². The van der Waals surface area contributed by atoms with Gasteiger partial charge in [0.2, 0.25) is 0 Å². The number of methoxy groups -OCH3 is 1. The number of pyridine rings is 1. The van der Waals surface area contributed by atoms with Crippen LogP contribution in [0.3, 0.4) is 0 Å². The number of allylic oxidation sites excluding steroid dienone is 1. The molecule has 1 aliphatic carbocycles. The van der Waals surface area contributed by atoms with Crippen LogP contribution in [-0.2, 0) is 0 Å². The van der Waals surface area contributed by atoms with E-state index in [9.17, 15) is 4.39 Å². The first-order chi connectivity index (χ1) is 12.2. The molecule has 0 saturated heterocycles. The smallest absolute Gasteiger partial charge is 0.138 e. The SMILES string of the molecule is COc1ccc(F)cc1-c1ccnc2[nH]c(C3=CCC(N)CC3)cc12. The maximum atomic E-state index is 13.8. The van der Waals surface area contributed by atoms with Crippen molar-refractivity contribution in [1.82, 2.24) is 9.97 Å². The van der Waals surface area contributed by atoms with Gasteiger partial charge in [-0.1, -0.05) is 6.08 Å². The van der Waals surface area contributed by atoms with Crippen molar-refractivity contribution in [2.75, 3.05) is 7.11 Å². The summed E-state index contributed by atoms with van der Waals surface area (Å²) in [5.74, 6) is 0.347. The normalized spacial score (nSPS) is 17.6. The number of nitrogens with two attached hydrogens (primary N) is 1. The molecule has 4 rings (SSSR count). The number of nitrogens with one attached hydrogen (secondary N) is 1. The van der Waals surface area contributed by atoms with Crippen LogP contribution in [0.15, 0.2) is 42.6 Å². The molecular formula is C20H20FN3O. The second-order valence-corrected chi connectivity index (χ2v) is 6.41. The minimum atomic E-state index is -0.291. The predicted molar refractivity (Wildman–Crippen MR) is 97.8 cm³/mol. The van der Waals surface area contributed by atoms with Crippen LogP contribution in [0.4, 0.5) is 4.39 Å². The standard InChI is InChI=1S/C20H20FN3O/c1-25-19-7-4-13(21)10-16(19)15-8-9-23-20-17(15)11-18(24-20)12-2-5-14(22)6-3-12/h2,4,7-11,14H,3,5-6,22H2,1H3,(H,23,24). The summed E-state index contributed by atoms with van der Waals surface area (Å²) in [7, 11) is 1.59. The van der Waals surface area contributed by atoms with Crippen LogP contribution in [0.5, 0.6) is 5.75 Å². The number of nitrogens with zero attached hydrogens (tertiary/aromatic N) is 1. The van der Waals surface area contributed by atoms with E-state index < -0.39 is 0 Å². The zero-order chi connectivity index (χ0) is 17.4. The predicted octanol–water partition coefficient (Wildman–Crippen LogP) is 4.27. The Labute approximate surface area is 145 Å². The Balaban J connectivity index is 1.85.